The van der Waals surface area contributed by atoms with Gasteiger partial charge in [0.05, 0.1) is 6.10 Å². The third kappa shape index (κ3) is 4.70. The van der Waals surface area contributed by atoms with E-state index in [2.05, 4.69) is 84.1 Å². The fourth-order valence-electron chi connectivity index (χ4n) is 3.13. The maximum absolute atomic E-state index is 6.95. The van der Waals surface area contributed by atoms with Crippen LogP contribution in [0.2, 0.25) is 18.1 Å². The zero-order valence-electron chi connectivity index (χ0n) is 15.2. The quantitative estimate of drug-likeness (QED) is 0.308. The fourth-order valence-corrected chi connectivity index (χ4v) is 5.70. The van der Waals surface area contributed by atoms with Gasteiger partial charge in [-0.2, -0.15) is 0 Å². The summed E-state index contributed by atoms with van der Waals surface area (Å²) in [5, 5.41) is 2.48. The highest BCUT2D eigenvalue weighted by molar-refractivity contribution is 14.1. The van der Waals surface area contributed by atoms with Crippen LogP contribution >= 0.6 is 33.9 Å². The van der Waals surface area contributed by atoms with Crippen molar-refractivity contribution in [2.75, 3.05) is 0 Å². The van der Waals surface area contributed by atoms with Crippen molar-refractivity contribution >= 4 is 42.2 Å². The minimum atomic E-state index is -1.74. The van der Waals surface area contributed by atoms with Crippen molar-refractivity contribution in [3.63, 3.8) is 0 Å². The van der Waals surface area contributed by atoms with Crippen molar-refractivity contribution in [1.82, 2.24) is 0 Å². The maximum atomic E-state index is 6.95. The van der Waals surface area contributed by atoms with Crippen LogP contribution in [0.5, 0.6) is 0 Å². The SMILES string of the molecule is CC(C)(C)[Si](C)(C)OC(CC=CI)C1(Cc2cccs2)CCC1. The van der Waals surface area contributed by atoms with Gasteiger partial charge in [-0.3, -0.25) is 0 Å². The molecule has 1 atom stereocenters. The molecule has 1 heterocycles. The Hall–Kier alpha value is 0.347. The van der Waals surface area contributed by atoms with Crippen LogP contribution in [-0.4, -0.2) is 14.4 Å². The molecule has 0 radical (unpaired) electrons. The van der Waals surface area contributed by atoms with Crippen molar-refractivity contribution in [3.05, 3.63) is 32.5 Å². The lowest BCUT2D eigenvalue weighted by Gasteiger charge is -2.51. The Balaban J connectivity index is 2.22. The highest BCUT2D eigenvalue weighted by Gasteiger charge is 2.48. The van der Waals surface area contributed by atoms with E-state index in [0.29, 0.717) is 11.5 Å². The van der Waals surface area contributed by atoms with Crippen LogP contribution in [0.25, 0.3) is 0 Å². The van der Waals surface area contributed by atoms with Crippen molar-refractivity contribution in [3.8, 4) is 0 Å². The summed E-state index contributed by atoms with van der Waals surface area (Å²) in [5.74, 6) is 0. The molecule has 1 aromatic heterocycles. The highest BCUT2D eigenvalue weighted by Crippen LogP contribution is 2.51. The lowest BCUT2D eigenvalue weighted by atomic mass is 9.62. The molecule has 0 saturated heterocycles. The van der Waals surface area contributed by atoms with E-state index in [1.54, 1.807) is 0 Å². The Morgan fingerprint density at radius 3 is 2.52 bits per heavy atom. The molecular formula is C19H31IOSSi. The summed E-state index contributed by atoms with van der Waals surface area (Å²) < 4.78 is 9.10. The van der Waals surface area contributed by atoms with Gasteiger partial charge in [0.25, 0.3) is 0 Å². The van der Waals surface area contributed by atoms with Gasteiger partial charge in [0, 0.05) is 10.3 Å². The second-order valence-electron chi connectivity index (χ2n) is 8.44. The lowest BCUT2D eigenvalue weighted by molar-refractivity contribution is -0.0234. The molecule has 1 unspecified atom stereocenters. The number of halogens is 1. The maximum Gasteiger partial charge on any atom is 0.192 e. The van der Waals surface area contributed by atoms with Crippen LogP contribution in [0.1, 0.15) is 51.3 Å². The van der Waals surface area contributed by atoms with Gasteiger partial charge in [-0.25, -0.2) is 0 Å². The van der Waals surface area contributed by atoms with Gasteiger partial charge < -0.3 is 4.43 Å². The third-order valence-corrected chi connectivity index (χ3v) is 11.7. The van der Waals surface area contributed by atoms with Crippen molar-refractivity contribution in [1.29, 1.82) is 0 Å². The first-order valence-electron chi connectivity index (χ1n) is 8.66. The van der Waals surface area contributed by atoms with E-state index in [4.69, 9.17) is 4.43 Å². The normalized spacial score (nSPS) is 19.7. The van der Waals surface area contributed by atoms with Crippen LogP contribution < -0.4 is 0 Å². The molecule has 1 aliphatic rings. The van der Waals surface area contributed by atoms with Crippen molar-refractivity contribution in [2.45, 2.75) is 77.1 Å². The van der Waals surface area contributed by atoms with Gasteiger partial charge in [0.15, 0.2) is 8.32 Å². The van der Waals surface area contributed by atoms with E-state index in [-0.39, 0.29) is 5.04 Å². The molecule has 1 nitrogen and oxygen atoms in total. The summed E-state index contributed by atoms with van der Waals surface area (Å²) in [6.07, 6.45) is 8.91. The number of thiophene rings is 1. The average Bonchev–Trinajstić information content (AvgIpc) is 2.90. The molecule has 4 heteroatoms. The second-order valence-corrected chi connectivity index (χ2v) is 14.9. The molecule has 1 aliphatic carbocycles. The van der Waals surface area contributed by atoms with E-state index in [1.165, 1.54) is 30.6 Å². The molecule has 2 rings (SSSR count). The summed E-state index contributed by atoms with van der Waals surface area (Å²) in [4.78, 5) is 1.52. The molecule has 0 spiro atoms. The number of rotatable bonds is 7. The van der Waals surface area contributed by atoms with E-state index in [9.17, 15) is 0 Å². The Labute approximate surface area is 161 Å². The van der Waals surface area contributed by atoms with Crippen LogP contribution in [0.4, 0.5) is 0 Å². The second kappa shape index (κ2) is 7.71. The van der Waals surface area contributed by atoms with Crippen molar-refractivity contribution in [2.24, 2.45) is 5.41 Å². The van der Waals surface area contributed by atoms with E-state index in [0.717, 1.165) is 6.42 Å². The van der Waals surface area contributed by atoms with E-state index >= 15 is 0 Å². The van der Waals surface area contributed by atoms with Gasteiger partial charge in [-0.15, -0.1) is 11.3 Å². The number of hydrogen-bond donors (Lipinski definition) is 0. The van der Waals surface area contributed by atoms with Crippen LogP contribution in [0.3, 0.4) is 0 Å². The first kappa shape index (κ1) is 19.7. The molecule has 23 heavy (non-hydrogen) atoms. The topological polar surface area (TPSA) is 9.23 Å². The monoisotopic (exact) mass is 462 g/mol. The third-order valence-electron chi connectivity index (χ3n) is 5.82. The summed E-state index contributed by atoms with van der Waals surface area (Å²) in [7, 11) is -1.74. The molecule has 0 N–H and O–H groups in total. The fraction of sp³-hybridized carbons (Fsp3) is 0.684. The van der Waals surface area contributed by atoms with Gasteiger partial charge >= 0.3 is 0 Å². The first-order valence-corrected chi connectivity index (χ1v) is 13.7. The predicted octanol–water partition coefficient (Wildman–Crippen LogP) is 7.19. The summed E-state index contributed by atoms with van der Waals surface area (Å²) in [6, 6.07) is 4.48. The lowest BCUT2D eigenvalue weighted by Crippen LogP contribution is -2.52. The van der Waals surface area contributed by atoms with Crippen molar-refractivity contribution < 1.29 is 4.43 Å². The minimum Gasteiger partial charge on any atom is -0.413 e. The van der Waals surface area contributed by atoms with Crippen LogP contribution in [0.15, 0.2) is 27.7 Å². The molecule has 0 bridgehead atoms. The Bertz CT molecular complexity index is 512. The molecular weight excluding hydrogens is 431 g/mol. The zero-order valence-corrected chi connectivity index (χ0v) is 19.2. The zero-order chi connectivity index (χ0) is 17.1. The smallest absolute Gasteiger partial charge is 0.192 e. The number of hydrogen-bond acceptors (Lipinski definition) is 2. The molecule has 0 aliphatic heterocycles. The molecule has 130 valence electrons. The Kier molecular flexibility index (Phi) is 6.59. The standard InChI is InChI=1S/C19H31IOSSi/c1-18(2,3)23(4,5)21-17(10-6-13-20)19(11-8-12-19)15-16-9-7-14-22-16/h6-7,9,13-14,17H,8,10-12,15H2,1-5H3. The van der Waals surface area contributed by atoms with Crippen LogP contribution in [-0.2, 0) is 10.8 Å². The summed E-state index contributed by atoms with van der Waals surface area (Å²) >= 11 is 4.23. The highest BCUT2D eigenvalue weighted by atomic mass is 127. The van der Waals surface area contributed by atoms with Gasteiger partial charge in [-0.1, -0.05) is 61.9 Å². The molecule has 1 saturated carbocycles. The molecule has 0 aromatic carbocycles. The van der Waals surface area contributed by atoms with Gasteiger partial charge in [0.1, 0.15) is 0 Å². The minimum absolute atomic E-state index is 0.271. The first-order chi connectivity index (χ1) is 10.7. The summed E-state index contributed by atoms with van der Waals surface area (Å²) in [5.41, 5.74) is 0.358. The van der Waals surface area contributed by atoms with E-state index in [1.807, 2.05) is 11.3 Å². The van der Waals surface area contributed by atoms with Gasteiger partial charge in [-0.05, 0) is 59.3 Å². The molecule has 0 amide bonds. The molecule has 1 aromatic rings. The average molecular weight is 463 g/mol. The Morgan fingerprint density at radius 1 is 1.39 bits per heavy atom. The summed E-state index contributed by atoms with van der Waals surface area (Å²) in [6.45, 7) is 11.8. The largest absolute Gasteiger partial charge is 0.413 e. The Morgan fingerprint density at radius 2 is 2.09 bits per heavy atom. The van der Waals surface area contributed by atoms with Crippen LogP contribution in [0, 0.1) is 5.41 Å². The predicted molar refractivity (Wildman–Crippen MR) is 114 cm³/mol. The molecule has 1 fully saturated rings. The van der Waals surface area contributed by atoms with E-state index < -0.39 is 8.32 Å². The van der Waals surface area contributed by atoms with Gasteiger partial charge in [0.2, 0.25) is 0 Å².